The second kappa shape index (κ2) is 13.9. The number of hydrogen-bond acceptors (Lipinski definition) is 8. The summed E-state index contributed by atoms with van der Waals surface area (Å²) in [4.78, 5) is 39.6. The smallest absolute Gasteiger partial charge is 0.338 e. The summed E-state index contributed by atoms with van der Waals surface area (Å²) >= 11 is 0. The quantitative estimate of drug-likeness (QED) is 0.148. The summed E-state index contributed by atoms with van der Waals surface area (Å²) in [6.45, 7) is -1.10. The van der Waals surface area contributed by atoms with Crippen molar-refractivity contribution >= 4 is 5.97 Å². The highest BCUT2D eigenvalue weighted by atomic mass is 19.2. The zero-order valence-electron chi connectivity index (χ0n) is 26.5. The van der Waals surface area contributed by atoms with E-state index < -0.39 is 53.8 Å². The molecule has 4 atom stereocenters. The third-order valence-corrected chi connectivity index (χ3v) is 8.32. The van der Waals surface area contributed by atoms with E-state index in [9.17, 15) is 14.4 Å². The number of halogens is 2. The largest absolute Gasteiger partial charge is 0.497 e. The number of aromatic nitrogens is 2. The van der Waals surface area contributed by atoms with Crippen molar-refractivity contribution in [2.75, 3.05) is 20.8 Å². The first-order chi connectivity index (χ1) is 23.7. The molecule has 1 fully saturated rings. The summed E-state index contributed by atoms with van der Waals surface area (Å²) in [7, 11) is 3.02. The number of aromatic amines is 1. The van der Waals surface area contributed by atoms with Gasteiger partial charge in [-0.25, -0.2) is 18.4 Å². The second-order valence-corrected chi connectivity index (χ2v) is 11.2. The van der Waals surface area contributed by atoms with Crippen molar-refractivity contribution in [3.8, 4) is 11.5 Å². The minimum Gasteiger partial charge on any atom is -0.497 e. The number of ether oxygens (including phenoxy) is 5. The minimum absolute atomic E-state index is 0.127. The molecule has 12 heteroatoms. The molecule has 0 unspecified atom stereocenters. The van der Waals surface area contributed by atoms with Crippen LogP contribution in [0.1, 0.15) is 33.3 Å². The van der Waals surface area contributed by atoms with E-state index in [1.54, 1.807) is 97.1 Å². The van der Waals surface area contributed by atoms with Gasteiger partial charge in [-0.05, 0) is 53.1 Å². The van der Waals surface area contributed by atoms with Gasteiger partial charge < -0.3 is 23.7 Å². The molecule has 0 amide bonds. The van der Waals surface area contributed by atoms with Crippen molar-refractivity contribution in [1.29, 1.82) is 0 Å². The monoisotopic (exact) mass is 670 g/mol. The molecule has 1 aliphatic rings. The molecule has 1 saturated heterocycles. The van der Waals surface area contributed by atoms with E-state index in [4.69, 9.17) is 23.7 Å². The molecule has 1 N–H and O–H groups in total. The first kappa shape index (κ1) is 33.3. The fourth-order valence-corrected chi connectivity index (χ4v) is 5.87. The van der Waals surface area contributed by atoms with Crippen molar-refractivity contribution in [2.45, 2.75) is 30.0 Å². The van der Waals surface area contributed by atoms with Gasteiger partial charge in [-0.15, -0.1) is 0 Å². The Morgan fingerprint density at radius 3 is 1.88 bits per heavy atom. The van der Waals surface area contributed by atoms with Gasteiger partial charge >= 0.3 is 11.7 Å². The molecule has 10 nitrogen and oxygen atoms in total. The molecule has 4 aromatic carbocycles. The number of nitrogens with one attached hydrogen (secondary N) is 1. The number of carbonyl (C=O) groups is 1. The Balaban J connectivity index is 1.52. The Hall–Kier alpha value is -5.59. The van der Waals surface area contributed by atoms with Crippen molar-refractivity contribution < 1.29 is 37.3 Å². The minimum atomic E-state index is -3.15. The number of alkyl halides is 2. The highest BCUT2D eigenvalue weighted by molar-refractivity contribution is 5.89. The predicted molar refractivity (Wildman–Crippen MR) is 174 cm³/mol. The lowest BCUT2D eigenvalue weighted by Crippen LogP contribution is -2.50. The van der Waals surface area contributed by atoms with Gasteiger partial charge in [-0.1, -0.05) is 72.8 Å². The number of rotatable bonds is 11. The molecule has 5 aromatic rings. The molecule has 49 heavy (non-hydrogen) atoms. The van der Waals surface area contributed by atoms with Crippen molar-refractivity contribution in [3.05, 3.63) is 165 Å². The SMILES string of the molecule is COc1ccc(C(O[C@H]2[C@@H](F)[C@H](n3ccc(=O)[nH]c3=O)O[C@]2(F)COC(=O)c2ccccc2)(c2ccccc2)c2ccc(OC)cc2)cc1. The maximum Gasteiger partial charge on any atom is 0.338 e. The number of carbonyl (C=O) groups excluding carboxylic acids is 1. The molecule has 0 bridgehead atoms. The standard InChI is InChI=1S/C37H32F2N2O8/c1-45-28-17-13-26(14-18-28)37(25-11-7-4-8-12-25,27-15-19-29(46-2)20-16-27)48-32-31(38)33(41-22-21-30(42)40-35(41)44)49-36(32,39)23-47-34(43)24-9-5-3-6-10-24/h3-22,31-33H,23H2,1-2H3,(H,40,42,44)/t31-,32+,33-,36-/m1/s1. The second-order valence-electron chi connectivity index (χ2n) is 11.2. The van der Waals surface area contributed by atoms with E-state index in [0.29, 0.717) is 32.8 Å². The van der Waals surface area contributed by atoms with Crippen LogP contribution in [0.15, 0.2) is 131 Å². The van der Waals surface area contributed by atoms with Crippen LogP contribution in [0.25, 0.3) is 0 Å². The number of hydrogen-bond donors (Lipinski definition) is 1. The Morgan fingerprint density at radius 2 is 1.35 bits per heavy atom. The molecule has 252 valence electrons. The van der Waals surface area contributed by atoms with Crippen LogP contribution < -0.4 is 20.7 Å². The lowest BCUT2D eigenvalue weighted by molar-refractivity contribution is -0.231. The third kappa shape index (κ3) is 6.48. The Morgan fingerprint density at radius 1 is 0.816 bits per heavy atom. The first-order valence-corrected chi connectivity index (χ1v) is 15.3. The van der Waals surface area contributed by atoms with E-state index in [1.807, 2.05) is 4.98 Å². The van der Waals surface area contributed by atoms with Crippen LogP contribution in [0, 0.1) is 0 Å². The van der Waals surface area contributed by atoms with Crippen LogP contribution in [0.2, 0.25) is 0 Å². The Kier molecular flexibility index (Phi) is 9.43. The fourth-order valence-electron chi connectivity index (χ4n) is 5.87. The topological polar surface area (TPSA) is 118 Å². The molecule has 0 saturated carbocycles. The number of H-pyrrole nitrogens is 1. The van der Waals surface area contributed by atoms with Crippen LogP contribution in [0.3, 0.4) is 0 Å². The maximum absolute atomic E-state index is 17.5. The third-order valence-electron chi connectivity index (χ3n) is 8.32. The average Bonchev–Trinajstić information content (AvgIpc) is 3.38. The van der Waals surface area contributed by atoms with Gasteiger partial charge in [0.25, 0.3) is 11.4 Å². The van der Waals surface area contributed by atoms with Crippen molar-refractivity contribution in [3.63, 3.8) is 0 Å². The van der Waals surface area contributed by atoms with Crippen LogP contribution in [0.4, 0.5) is 8.78 Å². The van der Waals surface area contributed by atoms with Gasteiger partial charge in [-0.3, -0.25) is 14.3 Å². The molecule has 1 aliphatic heterocycles. The molecule has 1 aromatic heterocycles. The molecule has 0 radical (unpaired) electrons. The maximum atomic E-state index is 17.5. The van der Waals surface area contributed by atoms with Gasteiger partial charge in [0.1, 0.15) is 17.1 Å². The Bertz CT molecular complexity index is 1960. The van der Waals surface area contributed by atoms with Crippen LogP contribution >= 0.6 is 0 Å². The normalized spacial score (nSPS) is 20.4. The molecular formula is C37H32F2N2O8. The lowest BCUT2D eigenvalue weighted by Gasteiger charge is -2.40. The summed E-state index contributed by atoms with van der Waals surface area (Å²) < 4.78 is 63.7. The van der Waals surface area contributed by atoms with Crippen LogP contribution in [-0.4, -0.2) is 54.5 Å². The van der Waals surface area contributed by atoms with E-state index >= 15 is 8.78 Å². The van der Waals surface area contributed by atoms with E-state index in [0.717, 1.165) is 12.3 Å². The predicted octanol–water partition coefficient (Wildman–Crippen LogP) is 5.32. The number of benzene rings is 4. The fraction of sp³-hybridized carbons (Fsp3) is 0.216. The number of nitrogens with zero attached hydrogens (tertiary/aromatic N) is 1. The molecule has 6 rings (SSSR count). The molecule has 2 heterocycles. The number of methoxy groups -OCH3 is 2. The average molecular weight is 671 g/mol. The molecule has 0 spiro atoms. The van der Waals surface area contributed by atoms with Gasteiger partial charge in [0.05, 0.1) is 19.8 Å². The van der Waals surface area contributed by atoms with Crippen molar-refractivity contribution in [1.82, 2.24) is 9.55 Å². The van der Waals surface area contributed by atoms with Gasteiger partial charge in [0.15, 0.2) is 25.1 Å². The number of esters is 1. The highest BCUT2D eigenvalue weighted by Gasteiger charge is 2.62. The summed E-state index contributed by atoms with van der Waals surface area (Å²) in [5.41, 5.74) is -1.95. The summed E-state index contributed by atoms with van der Waals surface area (Å²) in [5.74, 6) is -2.99. The van der Waals surface area contributed by atoms with Gasteiger partial charge in [0.2, 0.25) is 0 Å². The zero-order chi connectivity index (χ0) is 34.6. The van der Waals surface area contributed by atoms with E-state index in [2.05, 4.69) is 0 Å². The van der Waals surface area contributed by atoms with E-state index in [-0.39, 0.29) is 5.56 Å². The van der Waals surface area contributed by atoms with Gasteiger partial charge in [0, 0.05) is 12.3 Å². The van der Waals surface area contributed by atoms with Crippen LogP contribution in [0.5, 0.6) is 11.5 Å². The van der Waals surface area contributed by atoms with E-state index in [1.165, 1.54) is 26.4 Å². The molecule has 0 aliphatic carbocycles. The summed E-state index contributed by atoms with van der Waals surface area (Å²) in [5, 5.41) is 0. The Labute approximate surface area is 279 Å². The van der Waals surface area contributed by atoms with Crippen LogP contribution in [-0.2, 0) is 19.8 Å². The van der Waals surface area contributed by atoms with Crippen molar-refractivity contribution in [2.24, 2.45) is 0 Å². The first-order valence-electron chi connectivity index (χ1n) is 15.3. The summed E-state index contributed by atoms with van der Waals surface area (Å²) in [6.07, 6.45) is -5.42. The highest BCUT2D eigenvalue weighted by Crippen LogP contribution is 2.49. The summed E-state index contributed by atoms with van der Waals surface area (Å²) in [6, 6.07) is 31.2. The van der Waals surface area contributed by atoms with Gasteiger partial charge in [-0.2, -0.15) is 0 Å². The zero-order valence-corrected chi connectivity index (χ0v) is 26.5. The molecular weight excluding hydrogens is 638 g/mol. The lowest BCUT2D eigenvalue weighted by atomic mass is 9.79.